The molecule has 0 spiro atoms. The molecule has 2 heterocycles. The van der Waals surface area contributed by atoms with Crippen LogP contribution in [0.25, 0.3) is 0 Å². The summed E-state index contributed by atoms with van der Waals surface area (Å²) < 4.78 is 0. The number of nitrogens with one attached hydrogen (secondary N) is 2. The first-order chi connectivity index (χ1) is 10.1. The first-order valence-electron chi connectivity index (χ1n) is 7.36. The smallest absolute Gasteiger partial charge is 0.236 e. The molecule has 2 N–H and O–H groups in total. The number of hydrogen-bond donors (Lipinski definition) is 2. The average Bonchev–Trinajstić information content (AvgIpc) is 2.92. The van der Waals surface area contributed by atoms with Crippen molar-refractivity contribution in [3.8, 4) is 0 Å². The van der Waals surface area contributed by atoms with Crippen LogP contribution in [0.15, 0.2) is 11.4 Å². The molecule has 0 aromatic carbocycles. The molecule has 21 heavy (non-hydrogen) atoms. The van der Waals surface area contributed by atoms with Crippen LogP contribution in [-0.2, 0) is 22.6 Å². The topological polar surface area (TPSA) is 61.4 Å². The van der Waals surface area contributed by atoms with Crippen molar-refractivity contribution in [3.63, 3.8) is 0 Å². The summed E-state index contributed by atoms with van der Waals surface area (Å²) >= 11 is 1.76. The highest BCUT2D eigenvalue weighted by Gasteiger charge is 2.21. The van der Waals surface area contributed by atoms with Crippen molar-refractivity contribution >= 4 is 23.2 Å². The van der Waals surface area contributed by atoms with Gasteiger partial charge in [0.05, 0.1) is 13.1 Å². The molecule has 0 radical (unpaired) electrons. The van der Waals surface area contributed by atoms with E-state index in [9.17, 15) is 9.59 Å². The molecule has 116 valence electrons. The second-order valence-corrected chi connectivity index (χ2v) is 6.74. The van der Waals surface area contributed by atoms with Gasteiger partial charge in [0.25, 0.3) is 0 Å². The third-order valence-electron chi connectivity index (χ3n) is 3.43. The number of fused-ring (bicyclic) bond motifs is 1. The van der Waals surface area contributed by atoms with Crippen LogP contribution in [-0.4, -0.2) is 42.9 Å². The Morgan fingerprint density at radius 2 is 2.19 bits per heavy atom. The fourth-order valence-corrected chi connectivity index (χ4v) is 3.13. The summed E-state index contributed by atoms with van der Waals surface area (Å²) in [6.07, 6.45) is 0.938. The fraction of sp³-hybridized carbons (Fsp3) is 0.600. The second kappa shape index (κ2) is 7.56. The lowest BCUT2D eigenvalue weighted by atomic mass is 10.1. The van der Waals surface area contributed by atoms with E-state index < -0.39 is 0 Å². The summed E-state index contributed by atoms with van der Waals surface area (Å²) in [5, 5.41) is 7.82. The van der Waals surface area contributed by atoms with Gasteiger partial charge >= 0.3 is 0 Å². The molecule has 1 aliphatic rings. The Labute approximate surface area is 129 Å². The largest absolute Gasteiger partial charge is 0.355 e. The maximum absolute atomic E-state index is 12.1. The summed E-state index contributed by atoms with van der Waals surface area (Å²) in [7, 11) is 0. The maximum atomic E-state index is 12.1. The lowest BCUT2D eigenvalue weighted by Gasteiger charge is -2.27. The summed E-state index contributed by atoms with van der Waals surface area (Å²) in [4.78, 5) is 26.9. The predicted molar refractivity (Wildman–Crippen MR) is 84.2 cm³/mol. The Bertz CT molecular complexity index is 499. The molecule has 5 nitrogen and oxygen atoms in total. The summed E-state index contributed by atoms with van der Waals surface area (Å²) in [5.74, 6) is 0.433. The first-order valence-corrected chi connectivity index (χ1v) is 8.24. The Balaban J connectivity index is 1.67. The van der Waals surface area contributed by atoms with Crippen molar-refractivity contribution in [2.75, 3.05) is 26.2 Å². The van der Waals surface area contributed by atoms with Gasteiger partial charge in [-0.25, -0.2) is 0 Å². The standard InChI is InChI=1S/C15H23N3O2S/c1-11(2)7-17-14(19)8-16-9-15(20)18-5-3-13-12(10-18)4-6-21-13/h4,6,11,16H,3,5,7-10H2,1-2H3,(H,17,19). The summed E-state index contributed by atoms with van der Waals surface area (Å²) in [6.45, 7) is 6.64. The molecule has 1 aliphatic heterocycles. The number of thiophene rings is 1. The van der Waals surface area contributed by atoms with Crippen LogP contribution in [0.2, 0.25) is 0 Å². The Morgan fingerprint density at radius 3 is 2.95 bits per heavy atom. The zero-order valence-corrected chi connectivity index (χ0v) is 13.5. The van der Waals surface area contributed by atoms with Crippen LogP contribution in [0.1, 0.15) is 24.3 Å². The van der Waals surface area contributed by atoms with Crippen molar-refractivity contribution in [2.45, 2.75) is 26.8 Å². The van der Waals surface area contributed by atoms with Crippen molar-refractivity contribution in [1.29, 1.82) is 0 Å². The van der Waals surface area contributed by atoms with Crippen molar-refractivity contribution < 1.29 is 9.59 Å². The zero-order valence-electron chi connectivity index (χ0n) is 12.6. The molecule has 2 amide bonds. The third-order valence-corrected chi connectivity index (χ3v) is 4.45. The van der Waals surface area contributed by atoms with Crippen LogP contribution < -0.4 is 10.6 Å². The van der Waals surface area contributed by atoms with E-state index in [2.05, 4.69) is 22.1 Å². The molecule has 6 heteroatoms. The van der Waals surface area contributed by atoms with E-state index in [0.717, 1.165) is 13.0 Å². The quantitative estimate of drug-likeness (QED) is 0.824. The summed E-state index contributed by atoms with van der Waals surface area (Å²) in [5.41, 5.74) is 1.26. The second-order valence-electron chi connectivity index (χ2n) is 5.74. The highest BCUT2D eigenvalue weighted by atomic mass is 32.1. The van der Waals surface area contributed by atoms with Gasteiger partial charge in [0, 0.05) is 24.5 Å². The lowest BCUT2D eigenvalue weighted by Crippen LogP contribution is -2.43. The van der Waals surface area contributed by atoms with E-state index in [4.69, 9.17) is 0 Å². The number of carbonyl (C=O) groups excluding carboxylic acids is 2. The fourth-order valence-electron chi connectivity index (χ4n) is 2.24. The number of nitrogens with zero attached hydrogens (tertiary/aromatic N) is 1. The van der Waals surface area contributed by atoms with Crippen LogP contribution in [0.3, 0.4) is 0 Å². The molecule has 0 unspecified atom stereocenters. The zero-order chi connectivity index (χ0) is 15.2. The van der Waals surface area contributed by atoms with Gasteiger partial charge in [0.2, 0.25) is 11.8 Å². The molecule has 0 fully saturated rings. The maximum Gasteiger partial charge on any atom is 0.236 e. The molecule has 0 saturated heterocycles. The number of amides is 2. The first kappa shape index (κ1) is 16.0. The Morgan fingerprint density at radius 1 is 1.38 bits per heavy atom. The Kier molecular flexibility index (Phi) is 5.76. The molecule has 0 aliphatic carbocycles. The van der Waals surface area contributed by atoms with Gasteiger partial charge in [-0.05, 0) is 29.3 Å². The van der Waals surface area contributed by atoms with Crippen molar-refractivity contribution in [1.82, 2.24) is 15.5 Å². The van der Waals surface area contributed by atoms with E-state index >= 15 is 0 Å². The Hall–Kier alpha value is -1.40. The van der Waals surface area contributed by atoms with Crippen LogP contribution in [0, 0.1) is 5.92 Å². The molecule has 1 aromatic rings. The number of hydrogen-bond acceptors (Lipinski definition) is 4. The monoisotopic (exact) mass is 309 g/mol. The van der Waals surface area contributed by atoms with E-state index in [0.29, 0.717) is 19.0 Å². The average molecular weight is 309 g/mol. The van der Waals surface area contributed by atoms with E-state index in [1.807, 2.05) is 18.7 Å². The van der Waals surface area contributed by atoms with Gasteiger partial charge in [-0.1, -0.05) is 13.8 Å². The van der Waals surface area contributed by atoms with Gasteiger partial charge in [0.1, 0.15) is 0 Å². The minimum absolute atomic E-state index is 0.0588. The number of rotatable bonds is 6. The van der Waals surface area contributed by atoms with Gasteiger partial charge < -0.3 is 10.2 Å². The van der Waals surface area contributed by atoms with Gasteiger partial charge in [0.15, 0.2) is 0 Å². The van der Waals surface area contributed by atoms with Crippen LogP contribution in [0.5, 0.6) is 0 Å². The minimum atomic E-state index is -0.0599. The van der Waals surface area contributed by atoms with Gasteiger partial charge in [-0.2, -0.15) is 0 Å². The molecular formula is C15H23N3O2S. The predicted octanol–water partition coefficient (Wildman–Crippen LogP) is 0.995. The molecule has 2 rings (SSSR count). The van der Waals surface area contributed by atoms with Crippen molar-refractivity contribution in [2.24, 2.45) is 5.92 Å². The third kappa shape index (κ3) is 4.82. The highest BCUT2D eigenvalue weighted by Crippen LogP contribution is 2.23. The van der Waals surface area contributed by atoms with Crippen molar-refractivity contribution in [3.05, 3.63) is 21.9 Å². The molecule has 0 bridgehead atoms. The minimum Gasteiger partial charge on any atom is -0.355 e. The molecule has 0 atom stereocenters. The summed E-state index contributed by atoms with van der Waals surface area (Å²) in [6, 6.07) is 2.09. The van der Waals surface area contributed by atoms with E-state index in [1.54, 1.807) is 11.3 Å². The lowest BCUT2D eigenvalue weighted by molar-refractivity contribution is -0.131. The van der Waals surface area contributed by atoms with Crippen LogP contribution >= 0.6 is 11.3 Å². The molecule has 0 saturated carbocycles. The molecule has 1 aromatic heterocycles. The highest BCUT2D eigenvalue weighted by molar-refractivity contribution is 7.10. The van der Waals surface area contributed by atoms with Gasteiger partial charge in [-0.3, -0.25) is 14.9 Å². The normalized spacial score (nSPS) is 14.1. The van der Waals surface area contributed by atoms with Crippen LogP contribution in [0.4, 0.5) is 0 Å². The van der Waals surface area contributed by atoms with Gasteiger partial charge in [-0.15, -0.1) is 11.3 Å². The van der Waals surface area contributed by atoms with E-state index in [1.165, 1.54) is 10.4 Å². The SMILES string of the molecule is CC(C)CNC(=O)CNCC(=O)N1CCc2sccc2C1. The number of carbonyl (C=O) groups is 2. The molecular weight excluding hydrogens is 286 g/mol. The van der Waals surface area contributed by atoms with E-state index in [-0.39, 0.29) is 24.9 Å².